The Morgan fingerprint density at radius 3 is 2.58 bits per heavy atom. The number of benzene rings is 2. The topological polar surface area (TPSA) is 94.0 Å². The van der Waals surface area contributed by atoms with Crippen molar-refractivity contribution >= 4 is 43.1 Å². The quantitative estimate of drug-likeness (QED) is 0.439. The van der Waals surface area contributed by atoms with E-state index in [-0.39, 0.29) is 23.0 Å². The maximum atomic E-state index is 12.6. The van der Waals surface area contributed by atoms with E-state index in [1.807, 2.05) is 6.92 Å². The Kier molecular flexibility index (Phi) is 5.76. The van der Waals surface area contributed by atoms with Crippen LogP contribution in [0, 0.1) is 6.92 Å². The number of nitrogens with one attached hydrogen (secondary N) is 1. The molecule has 0 saturated carbocycles. The number of aromatic nitrogens is 3. The predicted molar refractivity (Wildman–Crippen MR) is 130 cm³/mol. The van der Waals surface area contributed by atoms with E-state index < -0.39 is 9.84 Å². The number of hydrogen-bond acceptors (Lipinski definition) is 6. The summed E-state index contributed by atoms with van der Waals surface area (Å²) in [6.45, 7) is 1.85. The van der Waals surface area contributed by atoms with Gasteiger partial charge in [-0.05, 0) is 68.0 Å². The summed E-state index contributed by atoms with van der Waals surface area (Å²) in [7, 11) is -3.52. The fourth-order valence-corrected chi connectivity index (χ4v) is 6.38. The van der Waals surface area contributed by atoms with E-state index in [2.05, 4.69) is 22.5 Å². The molecule has 0 atom stereocenters. The Labute approximate surface area is 196 Å². The lowest BCUT2D eigenvalue weighted by atomic mass is 9.92. The summed E-state index contributed by atoms with van der Waals surface area (Å²) in [4.78, 5) is 17.6. The smallest absolute Gasteiger partial charge is 0.226 e. The summed E-state index contributed by atoms with van der Waals surface area (Å²) in [5.41, 5.74) is 4.44. The van der Waals surface area contributed by atoms with Gasteiger partial charge in [0.05, 0.1) is 26.6 Å². The van der Waals surface area contributed by atoms with Crippen LogP contribution in [-0.2, 0) is 27.5 Å². The largest absolute Gasteiger partial charge is 0.310 e. The highest BCUT2D eigenvalue weighted by Gasteiger charge is 2.19. The van der Waals surface area contributed by atoms with E-state index in [0.717, 1.165) is 28.8 Å². The molecule has 0 radical (unpaired) electrons. The zero-order chi connectivity index (χ0) is 23.0. The third kappa shape index (κ3) is 4.56. The number of nitrogens with zero attached hydrogens (tertiary/aromatic N) is 3. The van der Waals surface area contributed by atoms with Crippen LogP contribution < -0.4 is 5.32 Å². The number of fused-ring (bicyclic) bond motifs is 2. The molecule has 0 bridgehead atoms. The van der Waals surface area contributed by atoms with Gasteiger partial charge >= 0.3 is 0 Å². The highest BCUT2D eigenvalue weighted by atomic mass is 32.2. The van der Waals surface area contributed by atoms with Crippen LogP contribution >= 0.6 is 11.3 Å². The van der Waals surface area contributed by atoms with Crippen molar-refractivity contribution in [1.82, 2.24) is 14.8 Å². The third-order valence-electron chi connectivity index (χ3n) is 5.82. The third-order valence-corrected chi connectivity index (χ3v) is 8.55. The van der Waals surface area contributed by atoms with E-state index >= 15 is 0 Å². The molecular weight excluding hydrogens is 456 g/mol. The van der Waals surface area contributed by atoms with Crippen LogP contribution in [0.2, 0.25) is 0 Å². The van der Waals surface area contributed by atoms with Crippen LogP contribution in [-0.4, -0.2) is 34.8 Å². The average molecular weight is 481 g/mol. The zero-order valence-electron chi connectivity index (χ0n) is 18.2. The number of thiazole rings is 1. The Morgan fingerprint density at radius 1 is 1.09 bits per heavy atom. The summed E-state index contributed by atoms with van der Waals surface area (Å²) in [5, 5.41) is 8.01. The van der Waals surface area contributed by atoms with E-state index in [0.29, 0.717) is 10.9 Å². The minimum atomic E-state index is -3.52. The molecule has 7 nitrogen and oxygen atoms in total. The van der Waals surface area contributed by atoms with Crippen molar-refractivity contribution in [3.8, 4) is 5.13 Å². The van der Waals surface area contributed by atoms with Crippen molar-refractivity contribution in [1.29, 1.82) is 0 Å². The maximum Gasteiger partial charge on any atom is 0.226 e. The second-order valence-corrected chi connectivity index (χ2v) is 11.4. The number of sulfone groups is 1. The SMILES string of the molecule is Cc1cc(NC(=O)CCS(=O)(=O)c2ccccc2)n(-c2nc3cc4c(cc3s2)CCCC4)n1. The molecule has 0 aliphatic heterocycles. The van der Waals surface area contributed by atoms with Crippen LogP contribution in [0.25, 0.3) is 15.3 Å². The molecule has 1 amide bonds. The van der Waals surface area contributed by atoms with Gasteiger partial charge in [-0.15, -0.1) is 0 Å². The zero-order valence-corrected chi connectivity index (χ0v) is 19.9. The molecule has 1 aliphatic rings. The molecule has 0 unspecified atom stereocenters. The van der Waals surface area contributed by atoms with E-state index in [9.17, 15) is 13.2 Å². The fourth-order valence-electron chi connectivity index (χ4n) is 4.15. The van der Waals surface area contributed by atoms with E-state index in [1.54, 1.807) is 28.9 Å². The van der Waals surface area contributed by atoms with Crippen molar-refractivity contribution in [2.45, 2.75) is 43.9 Å². The Morgan fingerprint density at radius 2 is 1.82 bits per heavy atom. The fraction of sp³-hybridized carbons (Fsp3) is 0.292. The minimum absolute atomic E-state index is 0.145. The normalized spacial score (nSPS) is 13.7. The van der Waals surface area contributed by atoms with Gasteiger partial charge in [0.1, 0.15) is 5.82 Å². The lowest BCUT2D eigenvalue weighted by Crippen LogP contribution is -2.19. The summed E-state index contributed by atoms with van der Waals surface area (Å²) in [6, 6.07) is 14.3. The van der Waals surface area contributed by atoms with Crippen molar-refractivity contribution in [2.24, 2.45) is 0 Å². The summed E-state index contributed by atoms with van der Waals surface area (Å²) in [5.74, 6) is -0.159. The molecule has 170 valence electrons. The molecule has 0 fully saturated rings. The highest BCUT2D eigenvalue weighted by molar-refractivity contribution is 7.91. The summed E-state index contributed by atoms with van der Waals surface area (Å²) >= 11 is 1.53. The van der Waals surface area contributed by atoms with Gasteiger partial charge in [0.15, 0.2) is 9.84 Å². The van der Waals surface area contributed by atoms with Gasteiger partial charge in [0.25, 0.3) is 0 Å². The lowest BCUT2D eigenvalue weighted by Gasteiger charge is -2.14. The molecule has 4 aromatic rings. The number of rotatable bonds is 6. The van der Waals surface area contributed by atoms with Crippen LogP contribution in [0.15, 0.2) is 53.4 Å². The molecule has 1 N–H and O–H groups in total. The van der Waals surface area contributed by atoms with Gasteiger partial charge in [0, 0.05) is 12.5 Å². The molecule has 2 aromatic carbocycles. The molecule has 9 heteroatoms. The number of carbonyl (C=O) groups excluding carboxylic acids is 1. The van der Waals surface area contributed by atoms with Crippen LogP contribution in [0.5, 0.6) is 0 Å². The van der Waals surface area contributed by atoms with Gasteiger partial charge in [-0.2, -0.15) is 9.78 Å². The first-order chi connectivity index (χ1) is 15.9. The van der Waals surface area contributed by atoms with E-state index in [1.165, 1.54) is 47.4 Å². The van der Waals surface area contributed by atoms with Gasteiger partial charge in [0.2, 0.25) is 11.0 Å². The Bertz CT molecular complexity index is 1400. The first kappa shape index (κ1) is 21.8. The van der Waals surface area contributed by atoms with Gasteiger partial charge < -0.3 is 5.32 Å². The molecular formula is C24H24N4O3S2. The summed E-state index contributed by atoms with van der Waals surface area (Å²) in [6.07, 6.45) is 4.48. The van der Waals surface area contributed by atoms with Crippen molar-refractivity contribution in [3.63, 3.8) is 0 Å². The maximum absolute atomic E-state index is 12.6. The molecule has 0 spiro atoms. The molecule has 2 aromatic heterocycles. The predicted octanol–water partition coefficient (Wildman–Crippen LogP) is 4.47. The molecule has 0 saturated heterocycles. The highest BCUT2D eigenvalue weighted by Crippen LogP contribution is 2.32. The first-order valence-corrected chi connectivity index (χ1v) is 13.4. The standard InChI is InChI=1S/C24H24N4O3S2/c1-16-13-22(26-23(29)11-12-33(30,31)19-9-3-2-4-10-19)28(27-16)24-25-20-14-17-7-5-6-8-18(17)15-21(20)32-24/h2-4,9-10,13-15H,5-8,11-12H2,1H3,(H,26,29). The molecule has 1 aliphatic carbocycles. The molecule has 2 heterocycles. The minimum Gasteiger partial charge on any atom is -0.310 e. The van der Waals surface area contributed by atoms with Crippen LogP contribution in [0.1, 0.15) is 36.1 Å². The average Bonchev–Trinajstić information content (AvgIpc) is 3.39. The van der Waals surface area contributed by atoms with Gasteiger partial charge in [-0.3, -0.25) is 4.79 Å². The molecule has 5 rings (SSSR count). The number of anilines is 1. The van der Waals surface area contributed by atoms with Crippen molar-refractivity contribution in [3.05, 3.63) is 65.4 Å². The second kappa shape index (κ2) is 8.72. The molecule has 33 heavy (non-hydrogen) atoms. The Hall–Kier alpha value is -3.04. The van der Waals surface area contributed by atoms with Crippen LogP contribution in [0.3, 0.4) is 0 Å². The van der Waals surface area contributed by atoms with Gasteiger partial charge in [-0.1, -0.05) is 29.5 Å². The summed E-state index contributed by atoms with van der Waals surface area (Å²) < 4.78 is 27.7. The van der Waals surface area contributed by atoms with Gasteiger partial charge in [-0.25, -0.2) is 13.4 Å². The number of hydrogen-bond donors (Lipinski definition) is 1. The number of carbonyl (C=O) groups is 1. The lowest BCUT2D eigenvalue weighted by molar-refractivity contribution is -0.115. The Balaban J connectivity index is 1.35. The van der Waals surface area contributed by atoms with Crippen molar-refractivity contribution < 1.29 is 13.2 Å². The van der Waals surface area contributed by atoms with E-state index in [4.69, 9.17) is 4.98 Å². The number of amides is 1. The number of aryl methyl sites for hydroxylation is 3. The monoisotopic (exact) mass is 480 g/mol. The second-order valence-electron chi connectivity index (χ2n) is 8.31. The van der Waals surface area contributed by atoms with Crippen molar-refractivity contribution in [2.75, 3.05) is 11.1 Å². The van der Waals surface area contributed by atoms with Crippen LogP contribution in [0.4, 0.5) is 5.82 Å². The first-order valence-electron chi connectivity index (χ1n) is 11.0.